The number of carboxylic acid groups (broad SMARTS) is 1. The number of aliphatic hydroxyl groups excluding tert-OH is 3. The fraction of sp³-hybridized carbons (Fsp3) is 0.480. The van der Waals surface area contributed by atoms with E-state index in [2.05, 4.69) is 0 Å². The third-order valence-corrected chi connectivity index (χ3v) is 7.36. The molecule has 0 saturated carbocycles. The van der Waals surface area contributed by atoms with Crippen LogP contribution in [0.5, 0.6) is 23.0 Å². The number of rotatable bonds is 5. The van der Waals surface area contributed by atoms with Gasteiger partial charge in [0.25, 0.3) is 0 Å². The van der Waals surface area contributed by atoms with Crippen molar-refractivity contribution < 1.29 is 58.7 Å². The predicted molar refractivity (Wildman–Crippen MR) is 120 cm³/mol. The average molecular weight is 518 g/mol. The second-order valence-electron chi connectivity index (χ2n) is 9.53. The molecule has 5 N–H and O–H groups in total. The number of aromatic hydroxyl groups is 1. The quantitative estimate of drug-likeness (QED) is 0.371. The number of fused-ring (bicyclic) bond motifs is 2. The molecule has 4 aliphatic heterocycles. The van der Waals surface area contributed by atoms with E-state index in [1.807, 2.05) is 18.2 Å². The van der Waals surface area contributed by atoms with E-state index >= 15 is 0 Å². The molecule has 0 unspecified atom stereocenters. The molecule has 4 aliphatic rings. The number of carbonyl (C=O) groups is 1. The molecular weight excluding hydrogens is 492 g/mol. The topological polar surface area (TPSA) is 174 Å². The lowest BCUT2D eigenvalue weighted by Gasteiger charge is -2.38. The van der Waals surface area contributed by atoms with Crippen molar-refractivity contribution in [2.24, 2.45) is 11.8 Å². The van der Waals surface area contributed by atoms with Gasteiger partial charge in [0.05, 0.1) is 25.4 Å². The predicted octanol–water partition coefficient (Wildman–Crippen LogP) is 0.467. The number of phenols is 1. The first-order chi connectivity index (χ1) is 17.8. The van der Waals surface area contributed by atoms with Gasteiger partial charge in [-0.2, -0.15) is 0 Å². The highest BCUT2D eigenvalue weighted by Crippen LogP contribution is 2.51. The summed E-state index contributed by atoms with van der Waals surface area (Å²) >= 11 is 0. The van der Waals surface area contributed by atoms with Gasteiger partial charge < -0.3 is 54.0 Å². The highest BCUT2D eigenvalue weighted by molar-refractivity contribution is 5.73. The van der Waals surface area contributed by atoms with Gasteiger partial charge in [-0.05, 0) is 35.4 Å². The molecule has 0 radical (unpaired) electrons. The molecule has 0 aliphatic carbocycles. The molecule has 12 nitrogen and oxygen atoms in total. The van der Waals surface area contributed by atoms with Gasteiger partial charge in [-0.15, -0.1) is 0 Å². The summed E-state index contributed by atoms with van der Waals surface area (Å²) in [6, 6.07) is 10.3. The number of aliphatic hydroxyl groups is 3. The minimum Gasteiger partial charge on any atom is -0.504 e. The fourth-order valence-corrected chi connectivity index (χ4v) is 5.40. The summed E-state index contributed by atoms with van der Waals surface area (Å²) in [6.07, 6.45) is -9.47. The molecule has 37 heavy (non-hydrogen) atoms. The number of phenolic OH excluding ortho intramolecular Hbond substituents is 1. The summed E-state index contributed by atoms with van der Waals surface area (Å²) in [4.78, 5) is 11.4. The maximum Gasteiger partial charge on any atom is 0.335 e. The van der Waals surface area contributed by atoms with Crippen molar-refractivity contribution in [2.45, 2.75) is 42.9 Å². The van der Waals surface area contributed by atoms with Crippen molar-refractivity contribution in [3.8, 4) is 23.0 Å². The zero-order valence-corrected chi connectivity index (χ0v) is 19.4. The van der Waals surface area contributed by atoms with Gasteiger partial charge in [-0.1, -0.05) is 12.1 Å². The van der Waals surface area contributed by atoms with E-state index in [1.54, 1.807) is 6.07 Å². The van der Waals surface area contributed by atoms with Crippen LogP contribution in [0.4, 0.5) is 0 Å². The number of benzene rings is 2. The summed E-state index contributed by atoms with van der Waals surface area (Å²) in [5.41, 5.74) is 1.64. The largest absolute Gasteiger partial charge is 0.504 e. The molecule has 3 saturated heterocycles. The SMILES string of the molecule is O=C(O)[C@H]1O[C@@H](Oc2cc([C@H]3OC[C@H]4[C@@H]3CO[C@@H]4c3ccc4c(c3)OCO4)ccc2O)[C@H](O)[C@@H](O)[C@@H]1O. The molecule has 198 valence electrons. The maximum absolute atomic E-state index is 11.4. The van der Waals surface area contributed by atoms with Crippen LogP contribution >= 0.6 is 0 Å². The standard InChI is InChI=1S/C25H26O12/c26-14-3-1-10(5-16(14)36-25-20(29)18(27)19(28)23(37-25)24(30)31)21-12-7-33-22(13(12)8-32-21)11-2-4-15-17(6-11)35-9-34-15/h1-6,12-13,18-23,25-29H,7-9H2,(H,30,31)/t12-,13-,18-,19-,20+,21+,22+,23-,25+/m0/s1. The second kappa shape index (κ2) is 9.31. The molecule has 3 fully saturated rings. The molecule has 4 heterocycles. The van der Waals surface area contributed by atoms with E-state index < -0.39 is 36.7 Å². The Morgan fingerprint density at radius 2 is 1.49 bits per heavy atom. The zero-order chi connectivity index (χ0) is 25.8. The third-order valence-electron chi connectivity index (χ3n) is 7.36. The molecule has 9 atom stereocenters. The van der Waals surface area contributed by atoms with Crippen molar-refractivity contribution in [3.63, 3.8) is 0 Å². The monoisotopic (exact) mass is 518 g/mol. The first-order valence-electron chi connectivity index (χ1n) is 11.9. The highest BCUT2D eigenvalue weighted by atomic mass is 16.7. The van der Waals surface area contributed by atoms with Gasteiger partial charge in [-0.25, -0.2) is 4.79 Å². The summed E-state index contributed by atoms with van der Waals surface area (Å²) in [7, 11) is 0. The summed E-state index contributed by atoms with van der Waals surface area (Å²) < 4.78 is 33.9. The number of carboxylic acids is 1. The van der Waals surface area contributed by atoms with E-state index in [1.165, 1.54) is 12.1 Å². The van der Waals surface area contributed by atoms with Crippen molar-refractivity contribution in [1.29, 1.82) is 0 Å². The van der Waals surface area contributed by atoms with Gasteiger partial charge in [0, 0.05) is 11.8 Å². The Labute approximate surface area is 210 Å². The summed E-state index contributed by atoms with van der Waals surface area (Å²) in [6.45, 7) is 1.08. The lowest BCUT2D eigenvalue weighted by Crippen LogP contribution is -2.61. The molecule has 0 bridgehead atoms. The minimum atomic E-state index is -1.85. The summed E-state index contributed by atoms with van der Waals surface area (Å²) in [5.74, 6) is -0.476. The average Bonchev–Trinajstić information content (AvgIpc) is 3.61. The molecule has 6 rings (SSSR count). The van der Waals surface area contributed by atoms with Crippen molar-refractivity contribution >= 4 is 5.97 Å². The van der Waals surface area contributed by atoms with E-state index in [4.69, 9.17) is 28.4 Å². The Bertz CT molecular complexity index is 1190. The number of aliphatic carboxylic acids is 1. The van der Waals surface area contributed by atoms with Gasteiger partial charge >= 0.3 is 5.97 Å². The highest BCUT2D eigenvalue weighted by Gasteiger charge is 2.50. The van der Waals surface area contributed by atoms with E-state index in [9.17, 15) is 30.3 Å². The maximum atomic E-state index is 11.4. The second-order valence-corrected chi connectivity index (χ2v) is 9.53. The van der Waals surface area contributed by atoms with Crippen LogP contribution in [-0.2, 0) is 19.0 Å². The summed E-state index contributed by atoms with van der Waals surface area (Å²) in [5, 5.41) is 49.8. The van der Waals surface area contributed by atoms with Crippen LogP contribution in [0, 0.1) is 11.8 Å². The number of hydrogen-bond acceptors (Lipinski definition) is 11. The molecule has 0 amide bonds. The Balaban J connectivity index is 1.20. The fourth-order valence-electron chi connectivity index (χ4n) is 5.40. The molecular formula is C25H26O12. The number of ether oxygens (including phenoxy) is 6. The number of hydrogen-bond donors (Lipinski definition) is 5. The van der Waals surface area contributed by atoms with Crippen LogP contribution < -0.4 is 14.2 Å². The Hall–Kier alpha value is -3.13. The van der Waals surface area contributed by atoms with Crippen LogP contribution in [0.3, 0.4) is 0 Å². The molecule has 0 spiro atoms. The minimum absolute atomic E-state index is 0.0118. The van der Waals surface area contributed by atoms with Crippen LogP contribution in [0.1, 0.15) is 23.3 Å². The molecule has 2 aromatic carbocycles. The van der Waals surface area contributed by atoms with E-state index in [0.29, 0.717) is 30.3 Å². The first kappa shape index (κ1) is 24.2. The van der Waals surface area contributed by atoms with Crippen molar-refractivity contribution in [2.75, 3.05) is 20.0 Å². The molecule has 2 aromatic rings. The lowest BCUT2D eigenvalue weighted by molar-refractivity contribution is -0.271. The van der Waals surface area contributed by atoms with Crippen molar-refractivity contribution in [1.82, 2.24) is 0 Å². The van der Waals surface area contributed by atoms with Crippen LogP contribution in [0.15, 0.2) is 36.4 Å². The smallest absolute Gasteiger partial charge is 0.335 e. The van der Waals surface area contributed by atoms with E-state index in [0.717, 1.165) is 5.56 Å². The Morgan fingerprint density at radius 1 is 0.838 bits per heavy atom. The van der Waals surface area contributed by atoms with Gasteiger partial charge in [-0.3, -0.25) is 0 Å². The lowest BCUT2D eigenvalue weighted by atomic mass is 9.85. The van der Waals surface area contributed by atoms with Gasteiger partial charge in [0.15, 0.2) is 29.1 Å². The van der Waals surface area contributed by atoms with Gasteiger partial charge in [0.1, 0.15) is 18.3 Å². The van der Waals surface area contributed by atoms with Crippen LogP contribution in [-0.4, -0.2) is 82.2 Å². The van der Waals surface area contributed by atoms with Gasteiger partial charge in [0.2, 0.25) is 13.1 Å². The zero-order valence-electron chi connectivity index (χ0n) is 19.4. The molecule has 12 heteroatoms. The van der Waals surface area contributed by atoms with Crippen LogP contribution in [0.25, 0.3) is 0 Å². The Kier molecular flexibility index (Phi) is 6.10. The normalized spacial score (nSPS) is 36.4. The van der Waals surface area contributed by atoms with E-state index in [-0.39, 0.29) is 42.3 Å². The molecule has 0 aromatic heterocycles. The van der Waals surface area contributed by atoms with Crippen LogP contribution in [0.2, 0.25) is 0 Å². The van der Waals surface area contributed by atoms with Crippen molar-refractivity contribution in [3.05, 3.63) is 47.5 Å². The first-order valence-corrected chi connectivity index (χ1v) is 11.9. The Morgan fingerprint density at radius 3 is 2.19 bits per heavy atom. The third kappa shape index (κ3) is 4.15.